The number of benzene rings is 2. The van der Waals surface area contributed by atoms with Crippen molar-refractivity contribution in [3.63, 3.8) is 0 Å². The maximum absolute atomic E-state index is 10.1. The van der Waals surface area contributed by atoms with Gasteiger partial charge in [-0.25, -0.2) is 19.9 Å². The molecule has 2 atom stereocenters. The van der Waals surface area contributed by atoms with Crippen molar-refractivity contribution in [3.05, 3.63) is 130 Å². The van der Waals surface area contributed by atoms with Crippen LogP contribution in [0, 0.1) is 0 Å². The molecule has 0 spiro atoms. The van der Waals surface area contributed by atoms with Crippen LogP contribution >= 0.6 is 22.7 Å². The standard InChI is InChI=1S/C25H27N5OS.C24H25N5OS.2CH4/c1-31-20-8-4-2-6-17(20)14-18(26)15-28-24-22-19-7-3-5-9-21(19)32-25(22)30-23(29-24)16-10-12-27-13-11-16;25-17(13-16-5-1-3-7-19(16)30)14-27-23-21-18-6-2-4-8-20(18)31-24(21)29-22(28-23)15-9-11-26-12-10-15;;/h2,4,6,8,10-13,18H,3,5,7,9,14-15,26H2,1H3,(H,28,29,30);1,3,5,7,9-12,17,30H,2,4,6,8,13-14,25H2,(H,27,28,29);2*1H4/t18-;17-;;/m00../s1. The summed E-state index contributed by atoms with van der Waals surface area (Å²) >= 11 is 3.60. The van der Waals surface area contributed by atoms with E-state index in [-0.39, 0.29) is 32.7 Å². The predicted molar refractivity (Wildman–Crippen MR) is 269 cm³/mol. The van der Waals surface area contributed by atoms with Crippen LogP contribution in [0.5, 0.6) is 11.5 Å². The lowest BCUT2D eigenvalue weighted by Gasteiger charge is -2.17. The number of aryl methyl sites for hydroxylation is 4. The highest BCUT2D eigenvalue weighted by atomic mass is 32.1. The van der Waals surface area contributed by atoms with Crippen LogP contribution < -0.4 is 26.8 Å². The molecule has 12 nitrogen and oxygen atoms in total. The molecule has 10 rings (SSSR count). The van der Waals surface area contributed by atoms with E-state index in [9.17, 15) is 5.11 Å². The Kier molecular flexibility index (Phi) is 15.7. The number of nitrogens with two attached hydrogens (primary N) is 2. The molecule has 0 aliphatic heterocycles. The molecule has 0 saturated heterocycles. The predicted octanol–water partition coefficient (Wildman–Crippen LogP) is 10.2. The minimum absolute atomic E-state index is 0. The van der Waals surface area contributed by atoms with Gasteiger partial charge in [0.2, 0.25) is 0 Å². The van der Waals surface area contributed by atoms with Crippen LogP contribution in [0.2, 0.25) is 0 Å². The number of thiophene rings is 2. The van der Waals surface area contributed by atoms with Crippen LogP contribution in [0.25, 0.3) is 43.2 Å². The summed E-state index contributed by atoms with van der Waals surface area (Å²) in [5.74, 6) is 4.32. The molecule has 0 fully saturated rings. The number of aromatic hydroxyl groups is 1. The Morgan fingerprint density at radius 3 is 1.54 bits per heavy atom. The van der Waals surface area contributed by atoms with Gasteiger partial charge in [0, 0.05) is 70.8 Å². The number of fused-ring (bicyclic) bond motifs is 6. The lowest BCUT2D eigenvalue weighted by atomic mass is 9.97. The molecule has 0 radical (unpaired) electrons. The largest absolute Gasteiger partial charge is 0.508 e. The van der Waals surface area contributed by atoms with E-state index < -0.39 is 0 Å². The number of ether oxygens (including phenoxy) is 1. The van der Waals surface area contributed by atoms with Gasteiger partial charge in [-0.05, 0) is 123 Å². The van der Waals surface area contributed by atoms with Crippen molar-refractivity contribution in [1.82, 2.24) is 29.9 Å². The molecule has 0 saturated carbocycles. The van der Waals surface area contributed by atoms with Gasteiger partial charge in [-0.3, -0.25) is 9.97 Å². The summed E-state index contributed by atoms with van der Waals surface area (Å²) in [7, 11) is 1.70. The summed E-state index contributed by atoms with van der Waals surface area (Å²) in [4.78, 5) is 32.9. The maximum Gasteiger partial charge on any atom is 0.163 e. The molecule has 2 aromatic carbocycles. The van der Waals surface area contributed by atoms with Gasteiger partial charge >= 0.3 is 0 Å². The van der Waals surface area contributed by atoms with Crippen LogP contribution in [0.4, 0.5) is 11.6 Å². The number of phenols is 1. The number of rotatable bonds is 13. The Bertz CT molecular complexity index is 2820. The van der Waals surface area contributed by atoms with Gasteiger partial charge in [0.05, 0.1) is 17.9 Å². The van der Waals surface area contributed by atoms with Crippen LogP contribution in [0.1, 0.15) is 72.5 Å². The van der Waals surface area contributed by atoms with E-state index in [1.54, 1.807) is 49.3 Å². The topological polar surface area (TPSA) is 183 Å². The first kappa shape index (κ1) is 46.9. The third-order valence-electron chi connectivity index (χ3n) is 11.7. The van der Waals surface area contributed by atoms with Gasteiger partial charge in [-0.2, -0.15) is 0 Å². The minimum atomic E-state index is -0.155. The third kappa shape index (κ3) is 10.7. The highest BCUT2D eigenvalue weighted by molar-refractivity contribution is 7.19. The average molecular weight is 909 g/mol. The summed E-state index contributed by atoms with van der Waals surface area (Å²) in [6.07, 6.45) is 17.7. The van der Waals surface area contributed by atoms with Crippen molar-refractivity contribution in [2.24, 2.45) is 11.5 Å². The molecule has 14 heteroatoms. The second-order valence-corrected chi connectivity index (χ2v) is 18.3. The SMILES string of the molecule is C.C.COc1ccccc1C[C@H](N)CNc1nc(-c2ccncc2)nc2sc3c(c12)CCCC3.N[C@H](CNc1nc(-c2ccncc2)nc2sc3c(c12)CCCC3)Cc1ccccc1O. The Morgan fingerprint density at radius 2 is 1.05 bits per heavy atom. The highest BCUT2D eigenvalue weighted by Gasteiger charge is 2.24. The quantitative estimate of drug-likeness (QED) is 0.0739. The molecule has 0 unspecified atom stereocenters. The van der Waals surface area contributed by atoms with E-state index in [1.165, 1.54) is 52.0 Å². The zero-order valence-electron chi connectivity index (χ0n) is 35.4. The van der Waals surface area contributed by atoms with Gasteiger partial charge in [-0.1, -0.05) is 51.3 Å². The van der Waals surface area contributed by atoms with E-state index >= 15 is 0 Å². The van der Waals surface area contributed by atoms with Gasteiger partial charge in [0.25, 0.3) is 0 Å². The molecule has 2 aliphatic rings. The van der Waals surface area contributed by atoms with E-state index in [0.717, 1.165) is 92.6 Å². The van der Waals surface area contributed by atoms with Gasteiger partial charge in [-0.15, -0.1) is 22.7 Å². The van der Waals surface area contributed by atoms with Crippen molar-refractivity contribution < 1.29 is 9.84 Å². The number of para-hydroxylation sites is 2. The highest BCUT2D eigenvalue weighted by Crippen LogP contribution is 2.41. The zero-order valence-corrected chi connectivity index (χ0v) is 37.0. The zero-order chi connectivity index (χ0) is 43.1. The van der Waals surface area contributed by atoms with E-state index in [2.05, 4.69) is 26.7 Å². The van der Waals surface area contributed by atoms with Crippen molar-refractivity contribution in [3.8, 4) is 34.3 Å². The number of nitrogens with one attached hydrogen (secondary N) is 2. The Balaban J connectivity index is 0.000000188. The Morgan fingerprint density at radius 1 is 0.600 bits per heavy atom. The van der Waals surface area contributed by atoms with Crippen LogP contribution in [0.15, 0.2) is 97.6 Å². The van der Waals surface area contributed by atoms with Crippen molar-refractivity contribution in [2.45, 2.75) is 91.1 Å². The third-order valence-corrected chi connectivity index (χ3v) is 14.1. The first-order chi connectivity index (χ1) is 30.9. The molecule has 8 aromatic rings. The number of nitrogens with zero attached hydrogens (tertiary/aromatic N) is 6. The molecule has 0 bridgehead atoms. The average Bonchev–Trinajstić information content (AvgIpc) is 3.90. The summed E-state index contributed by atoms with van der Waals surface area (Å²) < 4.78 is 5.48. The summed E-state index contributed by atoms with van der Waals surface area (Å²) in [5.41, 5.74) is 19.6. The number of hydrogen-bond acceptors (Lipinski definition) is 14. The number of hydrogen-bond donors (Lipinski definition) is 5. The molecule has 7 N–H and O–H groups in total. The number of anilines is 2. The fourth-order valence-corrected chi connectivity index (χ4v) is 11.1. The summed E-state index contributed by atoms with van der Waals surface area (Å²) in [5, 5.41) is 19.4. The number of methoxy groups -OCH3 is 1. The van der Waals surface area contributed by atoms with E-state index in [1.807, 2.05) is 72.0 Å². The number of phenolic OH excluding ortho intramolecular Hbond substituents is 1. The monoisotopic (exact) mass is 908 g/mol. The molecular weight excluding hydrogens is 849 g/mol. The van der Waals surface area contributed by atoms with E-state index in [0.29, 0.717) is 25.3 Å². The molecule has 6 aromatic heterocycles. The van der Waals surface area contributed by atoms with Crippen LogP contribution in [-0.4, -0.2) is 67.3 Å². The first-order valence-corrected chi connectivity index (χ1v) is 23.4. The van der Waals surface area contributed by atoms with E-state index in [4.69, 9.17) is 36.1 Å². The van der Waals surface area contributed by atoms with Crippen molar-refractivity contribution in [1.29, 1.82) is 0 Å². The van der Waals surface area contributed by atoms with Gasteiger partial charge in [0.1, 0.15) is 32.8 Å². The molecule has 2 aliphatic carbocycles. The summed E-state index contributed by atoms with van der Waals surface area (Å²) in [6.45, 7) is 1.17. The molecule has 0 amide bonds. The fraction of sp³-hybridized carbons (Fsp3) is 0.333. The smallest absolute Gasteiger partial charge is 0.163 e. The normalized spacial score (nSPS) is 13.8. The second-order valence-electron chi connectivity index (χ2n) is 16.2. The summed E-state index contributed by atoms with van der Waals surface area (Å²) in [6, 6.07) is 22.9. The number of pyridine rings is 2. The minimum Gasteiger partial charge on any atom is -0.508 e. The second kappa shape index (κ2) is 21.7. The maximum atomic E-state index is 10.1. The first-order valence-electron chi connectivity index (χ1n) is 21.7. The van der Waals surface area contributed by atoms with Gasteiger partial charge in [0.15, 0.2) is 11.6 Å². The lowest BCUT2D eigenvalue weighted by Crippen LogP contribution is -2.31. The molecule has 6 heterocycles. The molecule has 338 valence electrons. The lowest BCUT2D eigenvalue weighted by molar-refractivity contribution is 0.408. The van der Waals surface area contributed by atoms with Gasteiger partial charge < -0.3 is 31.9 Å². The molecule has 65 heavy (non-hydrogen) atoms. The van der Waals surface area contributed by atoms with Crippen LogP contribution in [-0.2, 0) is 38.5 Å². The number of aromatic nitrogens is 6. The van der Waals surface area contributed by atoms with Crippen molar-refractivity contribution >= 4 is 54.7 Å². The Labute approximate surface area is 390 Å². The van der Waals surface area contributed by atoms with Crippen LogP contribution in [0.3, 0.4) is 0 Å². The molecular formula is C51H60N10O2S2. The Hall–Kier alpha value is -6.06. The fourth-order valence-electron chi connectivity index (χ4n) is 8.55. The van der Waals surface area contributed by atoms with Crippen molar-refractivity contribution in [2.75, 3.05) is 30.8 Å².